The topological polar surface area (TPSA) is 24.1 Å². The van der Waals surface area contributed by atoms with E-state index < -0.39 is 23.5 Å². The summed E-state index contributed by atoms with van der Waals surface area (Å²) in [7, 11) is 0. The number of allylic oxidation sites excluding steroid dienone is 4. The van der Waals surface area contributed by atoms with Gasteiger partial charge >= 0.3 is 12.4 Å². The minimum absolute atomic E-state index is 0.112. The molecule has 1 aliphatic rings. The third kappa shape index (κ3) is 6.85. The summed E-state index contributed by atoms with van der Waals surface area (Å²) in [5.74, 6) is -0.112. The lowest BCUT2D eigenvalue weighted by molar-refractivity contribution is -0.137. The summed E-state index contributed by atoms with van der Waals surface area (Å²) in [6.45, 7) is 7.41. The molecule has 1 unspecified atom stereocenters. The Bertz CT molecular complexity index is 803. The molecule has 0 saturated carbocycles. The minimum Gasteiger partial charge on any atom is -0.387 e. The average molecular weight is 432 g/mol. The van der Waals surface area contributed by atoms with Crippen LogP contribution in [0.1, 0.15) is 38.7 Å². The van der Waals surface area contributed by atoms with Crippen molar-refractivity contribution in [3.63, 3.8) is 0 Å². The first-order valence-electron chi connectivity index (χ1n) is 9.72. The van der Waals surface area contributed by atoms with Gasteiger partial charge in [-0.25, -0.2) is 0 Å². The van der Waals surface area contributed by atoms with Gasteiger partial charge in [0.1, 0.15) is 0 Å². The zero-order valence-electron chi connectivity index (χ0n) is 16.9. The fourth-order valence-electron chi connectivity index (χ4n) is 3.16. The van der Waals surface area contributed by atoms with E-state index in [9.17, 15) is 26.3 Å². The first-order chi connectivity index (χ1) is 13.9. The highest BCUT2D eigenvalue weighted by Gasteiger charge is 2.31. The van der Waals surface area contributed by atoms with Gasteiger partial charge in [0, 0.05) is 23.5 Å². The Balaban J connectivity index is 2.19. The number of piperidine rings is 1. The monoisotopic (exact) mass is 432 g/mol. The van der Waals surface area contributed by atoms with Crippen molar-refractivity contribution >= 4 is 5.69 Å². The summed E-state index contributed by atoms with van der Waals surface area (Å²) >= 11 is 0. The normalized spacial score (nSPS) is 19.7. The highest BCUT2D eigenvalue weighted by atomic mass is 19.4. The summed E-state index contributed by atoms with van der Waals surface area (Å²) in [4.78, 5) is 0. The Kier molecular flexibility index (Phi) is 7.66. The largest absolute Gasteiger partial charge is 0.416 e. The van der Waals surface area contributed by atoms with E-state index in [4.69, 9.17) is 0 Å². The molecule has 1 saturated heterocycles. The quantitative estimate of drug-likeness (QED) is 0.380. The van der Waals surface area contributed by atoms with E-state index in [1.54, 1.807) is 26.0 Å². The molecule has 2 rings (SSSR count). The van der Waals surface area contributed by atoms with Crippen molar-refractivity contribution < 1.29 is 26.3 Å². The number of hydrogen-bond acceptors (Lipinski definition) is 2. The second kappa shape index (κ2) is 9.62. The van der Waals surface area contributed by atoms with Gasteiger partial charge < -0.3 is 10.6 Å². The summed E-state index contributed by atoms with van der Waals surface area (Å²) in [5.41, 5.74) is 0.0460. The fraction of sp³-hybridized carbons (Fsp3) is 0.455. The van der Waals surface area contributed by atoms with Crippen LogP contribution in [0.25, 0.3) is 0 Å². The van der Waals surface area contributed by atoms with Crippen LogP contribution >= 0.6 is 0 Å². The van der Waals surface area contributed by atoms with Gasteiger partial charge in [-0.2, -0.15) is 26.3 Å². The molecule has 0 bridgehead atoms. The second-order valence-electron chi connectivity index (χ2n) is 7.61. The molecule has 0 spiro atoms. The van der Waals surface area contributed by atoms with Crippen molar-refractivity contribution in [2.75, 3.05) is 11.9 Å². The fourth-order valence-corrected chi connectivity index (χ4v) is 3.16. The summed E-state index contributed by atoms with van der Waals surface area (Å²) in [5, 5.41) is 6.33. The molecule has 2 nitrogen and oxygen atoms in total. The van der Waals surface area contributed by atoms with Gasteiger partial charge in [-0.1, -0.05) is 44.2 Å². The van der Waals surface area contributed by atoms with Gasteiger partial charge in [0.2, 0.25) is 0 Å². The lowest BCUT2D eigenvalue weighted by Gasteiger charge is -2.29. The predicted octanol–water partition coefficient (Wildman–Crippen LogP) is 6.84. The lowest BCUT2D eigenvalue weighted by atomic mass is 9.95. The molecular weight excluding hydrogens is 406 g/mol. The Labute approximate surface area is 172 Å². The highest BCUT2D eigenvalue weighted by Crippen LogP contribution is 2.32. The molecule has 8 heteroatoms. The smallest absolute Gasteiger partial charge is 0.387 e. The van der Waals surface area contributed by atoms with E-state index in [2.05, 4.69) is 17.2 Å². The first-order valence-corrected chi connectivity index (χ1v) is 9.72. The summed E-state index contributed by atoms with van der Waals surface area (Å²) < 4.78 is 77.3. The average Bonchev–Trinajstić information content (AvgIpc) is 2.64. The standard InChI is InChI=1S/C22H26F6N2/c1-14(2)16(12-15(3)21(23,24)25)9-10-19-20(8-5-11-29-19)30-18-7-4-6-17(13-18)22(26,27)28/h4,6-7,10,12-14,20,29-30H,3,5,8-9,11H2,1-2H3/b16-12-,19-10-. The minimum atomic E-state index is -4.48. The highest BCUT2D eigenvalue weighted by molar-refractivity contribution is 5.49. The molecule has 1 heterocycles. The van der Waals surface area contributed by atoms with E-state index in [0.29, 0.717) is 24.2 Å². The molecule has 1 aromatic rings. The van der Waals surface area contributed by atoms with Gasteiger partial charge in [0.05, 0.1) is 11.6 Å². The van der Waals surface area contributed by atoms with Crippen LogP contribution in [-0.4, -0.2) is 18.8 Å². The van der Waals surface area contributed by atoms with Crippen molar-refractivity contribution in [1.82, 2.24) is 5.32 Å². The zero-order valence-corrected chi connectivity index (χ0v) is 16.9. The molecule has 1 aliphatic heterocycles. The summed E-state index contributed by atoms with van der Waals surface area (Å²) in [6, 6.07) is 4.72. The molecule has 1 aromatic carbocycles. The van der Waals surface area contributed by atoms with Crippen LogP contribution in [-0.2, 0) is 6.18 Å². The van der Waals surface area contributed by atoms with Crippen LogP contribution in [0.15, 0.2) is 59.8 Å². The maximum Gasteiger partial charge on any atom is 0.416 e. The van der Waals surface area contributed by atoms with Crippen LogP contribution in [0.3, 0.4) is 0 Å². The first kappa shape index (κ1) is 23.9. The van der Waals surface area contributed by atoms with Gasteiger partial charge in [0.25, 0.3) is 0 Å². The van der Waals surface area contributed by atoms with Gasteiger partial charge in [0.15, 0.2) is 0 Å². The number of hydrogen-bond donors (Lipinski definition) is 2. The molecule has 1 fully saturated rings. The van der Waals surface area contributed by atoms with E-state index in [1.165, 1.54) is 6.07 Å². The van der Waals surface area contributed by atoms with Gasteiger partial charge in [-0.15, -0.1) is 0 Å². The van der Waals surface area contributed by atoms with Crippen LogP contribution in [0, 0.1) is 5.92 Å². The van der Waals surface area contributed by atoms with Crippen molar-refractivity contribution in [3.05, 3.63) is 65.4 Å². The molecular formula is C22H26F6N2. The maximum atomic E-state index is 13.0. The van der Waals surface area contributed by atoms with Crippen molar-refractivity contribution in [2.45, 2.75) is 51.5 Å². The van der Waals surface area contributed by atoms with E-state index in [1.807, 2.05) is 0 Å². The molecule has 30 heavy (non-hydrogen) atoms. The molecule has 0 aromatic heterocycles. The van der Waals surface area contributed by atoms with Crippen LogP contribution < -0.4 is 10.6 Å². The van der Waals surface area contributed by atoms with E-state index in [-0.39, 0.29) is 18.4 Å². The molecule has 0 aliphatic carbocycles. The van der Waals surface area contributed by atoms with Crippen LogP contribution in [0.2, 0.25) is 0 Å². The number of alkyl halides is 6. The Morgan fingerprint density at radius 2 is 1.93 bits per heavy atom. The lowest BCUT2D eigenvalue weighted by Crippen LogP contribution is -2.36. The van der Waals surface area contributed by atoms with E-state index >= 15 is 0 Å². The maximum absolute atomic E-state index is 13.0. The summed E-state index contributed by atoms with van der Waals surface area (Å²) in [6.07, 6.45) is -4.23. The Morgan fingerprint density at radius 1 is 1.23 bits per heavy atom. The Morgan fingerprint density at radius 3 is 2.53 bits per heavy atom. The molecule has 2 N–H and O–H groups in total. The predicted molar refractivity (Wildman–Crippen MR) is 107 cm³/mol. The molecule has 0 amide bonds. The molecule has 0 radical (unpaired) electrons. The van der Waals surface area contributed by atoms with Gasteiger partial charge in [-0.05, 0) is 43.4 Å². The number of rotatable bonds is 6. The third-order valence-electron chi connectivity index (χ3n) is 4.93. The number of benzene rings is 1. The third-order valence-corrected chi connectivity index (χ3v) is 4.93. The molecule has 166 valence electrons. The van der Waals surface area contributed by atoms with Crippen LogP contribution in [0.4, 0.5) is 32.0 Å². The second-order valence-corrected chi connectivity index (χ2v) is 7.61. The van der Waals surface area contributed by atoms with Crippen molar-refractivity contribution in [1.29, 1.82) is 0 Å². The molecule has 1 atom stereocenters. The number of halogens is 6. The van der Waals surface area contributed by atoms with E-state index in [0.717, 1.165) is 30.3 Å². The SMILES string of the molecule is C=C(/C=C(/C/C=C1\NCCCC1Nc1cccc(C(F)(F)F)c1)C(C)C)C(F)(F)F. The zero-order chi connectivity index (χ0) is 22.5. The van der Waals surface area contributed by atoms with Gasteiger partial charge in [-0.3, -0.25) is 0 Å². The number of anilines is 1. The van der Waals surface area contributed by atoms with Crippen LogP contribution in [0.5, 0.6) is 0 Å². The van der Waals surface area contributed by atoms with Crippen molar-refractivity contribution in [3.8, 4) is 0 Å². The van der Waals surface area contributed by atoms with Crippen molar-refractivity contribution in [2.24, 2.45) is 5.92 Å². The number of nitrogens with one attached hydrogen (secondary N) is 2. The Hall–Kier alpha value is -2.38.